The van der Waals surface area contributed by atoms with Crippen molar-refractivity contribution in [1.82, 2.24) is 4.90 Å². The highest BCUT2D eigenvalue weighted by Gasteiger charge is 2.24. The van der Waals surface area contributed by atoms with Crippen molar-refractivity contribution in [3.63, 3.8) is 0 Å². The van der Waals surface area contributed by atoms with E-state index in [2.05, 4.69) is 4.74 Å². The lowest BCUT2D eigenvalue weighted by Crippen LogP contribution is -2.45. The van der Waals surface area contributed by atoms with Crippen molar-refractivity contribution in [1.29, 1.82) is 0 Å². The molecule has 1 rings (SSSR count). The van der Waals surface area contributed by atoms with Gasteiger partial charge in [0.15, 0.2) is 0 Å². The number of hydrogen-bond donors (Lipinski definition) is 0. The maximum absolute atomic E-state index is 11.2. The zero-order valence-electron chi connectivity index (χ0n) is 7.86. The summed E-state index contributed by atoms with van der Waals surface area (Å²) in [6, 6.07) is 0.0939. The van der Waals surface area contributed by atoms with Crippen LogP contribution in [0.1, 0.15) is 26.2 Å². The van der Waals surface area contributed by atoms with E-state index >= 15 is 0 Å². The van der Waals surface area contributed by atoms with Gasteiger partial charge >= 0.3 is 0 Å². The monoisotopic (exact) mass is 185 g/mol. The number of rotatable bonds is 3. The van der Waals surface area contributed by atoms with Crippen LogP contribution in [-0.4, -0.2) is 36.5 Å². The predicted octanol–water partition coefficient (Wildman–Crippen LogP) is 0.560. The smallest absolute Gasteiger partial charge is 0.293 e. The molecular weight excluding hydrogens is 170 g/mol. The quantitative estimate of drug-likeness (QED) is 0.603. The molecule has 1 saturated heterocycles. The molecule has 1 heterocycles. The molecule has 0 aromatic rings. The molecule has 0 aromatic carbocycles. The normalized spacial score (nSPS) is 22.5. The van der Waals surface area contributed by atoms with E-state index in [9.17, 15) is 9.59 Å². The zero-order valence-corrected chi connectivity index (χ0v) is 7.86. The SMILES string of the molecule is CC(=O)N1CCCCC1COC=O. The molecule has 0 saturated carbocycles. The number of likely N-dealkylation sites (tertiary alicyclic amines) is 1. The molecule has 4 nitrogen and oxygen atoms in total. The molecule has 0 aromatic heterocycles. The number of amides is 1. The average molecular weight is 185 g/mol. The highest BCUT2D eigenvalue weighted by molar-refractivity contribution is 5.73. The molecule has 0 spiro atoms. The van der Waals surface area contributed by atoms with Gasteiger partial charge in [-0.05, 0) is 19.3 Å². The predicted molar refractivity (Wildman–Crippen MR) is 47.0 cm³/mol. The van der Waals surface area contributed by atoms with Gasteiger partial charge in [-0.3, -0.25) is 9.59 Å². The molecule has 0 N–H and O–H groups in total. The second-order valence-corrected chi connectivity index (χ2v) is 3.29. The van der Waals surface area contributed by atoms with Crippen LogP contribution in [0.15, 0.2) is 0 Å². The summed E-state index contributed by atoms with van der Waals surface area (Å²) in [5, 5.41) is 0. The Morgan fingerprint density at radius 2 is 2.38 bits per heavy atom. The van der Waals surface area contributed by atoms with Crippen molar-refractivity contribution in [2.24, 2.45) is 0 Å². The minimum atomic E-state index is 0.0687. The highest BCUT2D eigenvalue weighted by atomic mass is 16.5. The van der Waals surface area contributed by atoms with Gasteiger partial charge in [-0.2, -0.15) is 0 Å². The van der Waals surface area contributed by atoms with Gasteiger partial charge < -0.3 is 9.64 Å². The standard InChI is InChI=1S/C9H15NO3/c1-8(12)10-5-3-2-4-9(10)6-13-7-11/h7,9H,2-6H2,1H3. The summed E-state index contributed by atoms with van der Waals surface area (Å²) < 4.78 is 4.68. The van der Waals surface area contributed by atoms with Crippen LogP contribution in [0.3, 0.4) is 0 Å². The Labute approximate surface area is 77.8 Å². The third-order valence-electron chi connectivity index (χ3n) is 2.39. The molecule has 1 unspecified atom stereocenters. The first-order chi connectivity index (χ1) is 6.25. The molecule has 0 aliphatic carbocycles. The van der Waals surface area contributed by atoms with Crippen LogP contribution in [0.5, 0.6) is 0 Å². The first-order valence-electron chi connectivity index (χ1n) is 4.58. The van der Waals surface area contributed by atoms with Crippen LogP contribution >= 0.6 is 0 Å². The Hall–Kier alpha value is -1.06. The summed E-state index contributed by atoms with van der Waals surface area (Å²) in [5.74, 6) is 0.0687. The minimum absolute atomic E-state index is 0.0687. The van der Waals surface area contributed by atoms with Crippen molar-refractivity contribution in [2.45, 2.75) is 32.2 Å². The van der Waals surface area contributed by atoms with Crippen molar-refractivity contribution in [2.75, 3.05) is 13.2 Å². The van der Waals surface area contributed by atoms with E-state index in [4.69, 9.17) is 0 Å². The van der Waals surface area contributed by atoms with Gasteiger partial charge in [0.25, 0.3) is 6.47 Å². The van der Waals surface area contributed by atoms with E-state index in [0.29, 0.717) is 13.1 Å². The van der Waals surface area contributed by atoms with E-state index in [-0.39, 0.29) is 11.9 Å². The fraction of sp³-hybridized carbons (Fsp3) is 0.778. The largest absolute Gasteiger partial charge is 0.466 e. The molecule has 74 valence electrons. The Morgan fingerprint density at radius 1 is 1.62 bits per heavy atom. The van der Waals surface area contributed by atoms with Crippen LogP contribution in [0, 0.1) is 0 Å². The Kier molecular flexibility index (Phi) is 3.73. The maximum Gasteiger partial charge on any atom is 0.293 e. The molecule has 1 fully saturated rings. The maximum atomic E-state index is 11.2. The molecule has 0 bridgehead atoms. The first-order valence-corrected chi connectivity index (χ1v) is 4.58. The number of hydrogen-bond acceptors (Lipinski definition) is 3. The van der Waals surface area contributed by atoms with E-state index in [1.165, 1.54) is 0 Å². The van der Waals surface area contributed by atoms with Gasteiger partial charge in [0.2, 0.25) is 5.91 Å². The summed E-state index contributed by atoms with van der Waals surface area (Å²) in [4.78, 5) is 22.9. The lowest BCUT2D eigenvalue weighted by Gasteiger charge is -2.34. The van der Waals surface area contributed by atoms with Crippen LogP contribution in [0.2, 0.25) is 0 Å². The summed E-state index contributed by atoms with van der Waals surface area (Å²) in [6.45, 7) is 3.12. The van der Waals surface area contributed by atoms with E-state index in [1.54, 1.807) is 11.8 Å². The van der Waals surface area contributed by atoms with Crippen LogP contribution in [-0.2, 0) is 14.3 Å². The van der Waals surface area contributed by atoms with Crippen molar-refractivity contribution < 1.29 is 14.3 Å². The summed E-state index contributed by atoms with van der Waals surface area (Å²) in [6.07, 6.45) is 3.10. The number of piperidine rings is 1. The molecule has 1 aliphatic heterocycles. The molecule has 13 heavy (non-hydrogen) atoms. The second kappa shape index (κ2) is 4.84. The second-order valence-electron chi connectivity index (χ2n) is 3.29. The topological polar surface area (TPSA) is 46.6 Å². The molecular formula is C9H15NO3. The lowest BCUT2D eigenvalue weighted by atomic mass is 10.0. The van der Waals surface area contributed by atoms with Crippen LogP contribution in [0.4, 0.5) is 0 Å². The summed E-state index contributed by atoms with van der Waals surface area (Å²) in [5.41, 5.74) is 0. The third-order valence-corrected chi connectivity index (χ3v) is 2.39. The van der Waals surface area contributed by atoms with Crippen molar-refractivity contribution >= 4 is 12.4 Å². The average Bonchev–Trinajstić information content (AvgIpc) is 2.15. The van der Waals surface area contributed by atoms with Gasteiger partial charge in [-0.1, -0.05) is 0 Å². The highest BCUT2D eigenvalue weighted by Crippen LogP contribution is 2.16. The van der Waals surface area contributed by atoms with Gasteiger partial charge in [0.1, 0.15) is 6.61 Å². The number of nitrogens with zero attached hydrogens (tertiary/aromatic N) is 1. The number of carbonyl (C=O) groups excluding carboxylic acids is 2. The van der Waals surface area contributed by atoms with Crippen molar-refractivity contribution in [3.8, 4) is 0 Å². The van der Waals surface area contributed by atoms with Gasteiger partial charge in [0, 0.05) is 13.5 Å². The minimum Gasteiger partial charge on any atom is -0.466 e. The Balaban J connectivity index is 2.46. The van der Waals surface area contributed by atoms with Gasteiger partial charge in [-0.25, -0.2) is 0 Å². The summed E-state index contributed by atoms with van der Waals surface area (Å²) >= 11 is 0. The van der Waals surface area contributed by atoms with E-state index < -0.39 is 0 Å². The zero-order chi connectivity index (χ0) is 9.68. The third kappa shape index (κ3) is 2.72. The fourth-order valence-electron chi connectivity index (χ4n) is 1.74. The Morgan fingerprint density at radius 3 is 3.00 bits per heavy atom. The number of ether oxygens (including phenoxy) is 1. The van der Waals surface area contributed by atoms with E-state index in [1.807, 2.05) is 0 Å². The molecule has 1 atom stereocenters. The van der Waals surface area contributed by atoms with E-state index in [0.717, 1.165) is 25.8 Å². The van der Waals surface area contributed by atoms with Crippen LogP contribution in [0.25, 0.3) is 0 Å². The fourth-order valence-corrected chi connectivity index (χ4v) is 1.74. The van der Waals surface area contributed by atoms with Gasteiger partial charge in [-0.15, -0.1) is 0 Å². The van der Waals surface area contributed by atoms with Crippen molar-refractivity contribution in [3.05, 3.63) is 0 Å². The molecule has 4 heteroatoms. The first kappa shape index (κ1) is 10.0. The molecule has 0 radical (unpaired) electrons. The molecule has 1 amide bonds. The molecule has 1 aliphatic rings. The summed E-state index contributed by atoms with van der Waals surface area (Å²) in [7, 11) is 0. The lowest BCUT2D eigenvalue weighted by molar-refractivity contribution is -0.139. The van der Waals surface area contributed by atoms with Gasteiger partial charge in [0.05, 0.1) is 6.04 Å². The van der Waals surface area contributed by atoms with Crippen LogP contribution < -0.4 is 0 Å². The number of carbonyl (C=O) groups is 2. The Bertz CT molecular complexity index is 193.